The van der Waals surface area contributed by atoms with E-state index in [-0.39, 0.29) is 5.56 Å². The summed E-state index contributed by atoms with van der Waals surface area (Å²) in [6.45, 7) is 0. The molecule has 0 fully saturated rings. The van der Waals surface area contributed by atoms with Crippen molar-refractivity contribution in [2.24, 2.45) is 0 Å². The molecule has 4 heteroatoms. The van der Waals surface area contributed by atoms with Gasteiger partial charge in [0, 0.05) is 18.5 Å². The molecule has 1 heterocycles. The average Bonchev–Trinajstić information content (AvgIpc) is 2.09. The Hall–Kier alpha value is -1.27. The van der Waals surface area contributed by atoms with Crippen LogP contribution in [-0.4, -0.2) is 15.8 Å². The fraction of sp³-hybridized carbons (Fsp3) is 0.250. The molecule has 1 rings (SSSR count). The van der Waals surface area contributed by atoms with Crippen LogP contribution in [0.25, 0.3) is 0 Å². The molecule has 1 N–H and O–H groups in total. The molecule has 0 radical (unpaired) electrons. The number of aromatic nitrogens is 2. The highest BCUT2D eigenvalue weighted by Gasteiger charge is 1.85. The Balaban J connectivity index is 2.72. The molecule has 0 spiro atoms. The van der Waals surface area contributed by atoms with E-state index < -0.39 is 0 Å². The molecule has 3 nitrogen and oxygen atoms in total. The average molecular weight is 183 g/mol. The normalized spacial score (nSPS) is 8.75. The minimum absolute atomic E-state index is 0.224. The Bertz CT molecular complexity index is 341. The second-order valence-corrected chi connectivity index (χ2v) is 2.42. The first-order valence-corrected chi connectivity index (χ1v) is 3.96. The van der Waals surface area contributed by atoms with E-state index in [9.17, 15) is 4.79 Å². The van der Waals surface area contributed by atoms with Gasteiger partial charge in [0.1, 0.15) is 5.69 Å². The lowest BCUT2D eigenvalue weighted by atomic mass is 10.4. The van der Waals surface area contributed by atoms with Crippen LogP contribution in [0.3, 0.4) is 0 Å². The first kappa shape index (κ1) is 8.82. The van der Waals surface area contributed by atoms with Gasteiger partial charge in [0.25, 0.3) is 5.56 Å². The molecule has 0 amide bonds. The Labute approximate surface area is 74.8 Å². The molecular weight excluding hydrogens is 176 g/mol. The maximum atomic E-state index is 10.6. The minimum atomic E-state index is -0.224. The smallest absolute Gasteiger partial charge is 0.266 e. The van der Waals surface area contributed by atoms with Crippen molar-refractivity contribution in [2.45, 2.75) is 6.42 Å². The molecule has 1 aromatic rings. The Morgan fingerprint density at radius 1 is 1.67 bits per heavy atom. The zero-order chi connectivity index (χ0) is 8.81. The van der Waals surface area contributed by atoms with E-state index in [0.717, 1.165) is 0 Å². The van der Waals surface area contributed by atoms with E-state index in [1.807, 2.05) is 0 Å². The number of rotatable bonds is 1. The van der Waals surface area contributed by atoms with Crippen LogP contribution in [0.2, 0.25) is 0 Å². The van der Waals surface area contributed by atoms with Crippen molar-refractivity contribution < 1.29 is 0 Å². The van der Waals surface area contributed by atoms with Gasteiger partial charge in [-0.1, -0.05) is 5.92 Å². The maximum absolute atomic E-state index is 10.6. The maximum Gasteiger partial charge on any atom is 0.266 e. The van der Waals surface area contributed by atoms with E-state index in [2.05, 4.69) is 21.8 Å². The summed E-state index contributed by atoms with van der Waals surface area (Å²) in [5.41, 5.74) is 0.331. The van der Waals surface area contributed by atoms with Crippen LogP contribution in [-0.2, 0) is 0 Å². The van der Waals surface area contributed by atoms with E-state index in [4.69, 9.17) is 11.6 Å². The summed E-state index contributed by atoms with van der Waals surface area (Å²) >= 11 is 5.41. The zero-order valence-corrected chi connectivity index (χ0v) is 7.06. The van der Waals surface area contributed by atoms with Crippen LogP contribution in [0.5, 0.6) is 0 Å². The number of nitrogens with one attached hydrogen (secondary N) is 1. The highest BCUT2D eigenvalue weighted by atomic mass is 35.5. The number of H-pyrrole nitrogens is 1. The summed E-state index contributed by atoms with van der Waals surface area (Å²) in [6.07, 6.45) is 3.30. The second-order valence-electron chi connectivity index (χ2n) is 2.04. The highest BCUT2D eigenvalue weighted by Crippen LogP contribution is 1.85. The van der Waals surface area contributed by atoms with Crippen molar-refractivity contribution in [1.82, 2.24) is 9.97 Å². The molecule has 0 aromatic carbocycles. The predicted octanol–water partition coefficient (Wildman–Crippen LogP) is 0.750. The van der Waals surface area contributed by atoms with Crippen molar-refractivity contribution in [3.8, 4) is 11.8 Å². The van der Waals surface area contributed by atoms with Crippen LogP contribution in [0.4, 0.5) is 0 Å². The Kier molecular flexibility index (Phi) is 3.36. The van der Waals surface area contributed by atoms with Gasteiger partial charge >= 0.3 is 0 Å². The second kappa shape index (κ2) is 4.58. The van der Waals surface area contributed by atoms with Gasteiger partial charge in [-0.25, -0.2) is 4.98 Å². The molecule has 0 bridgehead atoms. The highest BCUT2D eigenvalue weighted by molar-refractivity contribution is 6.18. The largest absolute Gasteiger partial charge is 0.325 e. The van der Waals surface area contributed by atoms with Crippen molar-refractivity contribution >= 4 is 11.6 Å². The molecule has 62 valence electrons. The number of hydrogen-bond acceptors (Lipinski definition) is 2. The van der Waals surface area contributed by atoms with Gasteiger partial charge < -0.3 is 4.98 Å². The third-order valence-electron chi connectivity index (χ3n) is 1.11. The zero-order valence-electron chi connectivity index (χ0n) is 6.30. The fourth-order valence-electron chi connectivity index (χ4n) is 0.611. The van der Waals surface area contributed by atoms with E-state index >= 15 is 0 Å². The van der Waals surface area contributed by atoms with Gasteiger partial charge in [0.15, 0.2) is 0 Å². The molecule has 0 saturated heterocycles. The van der Waals surface area contributed by atoms with Gasteiger partial charge in [-0.3, -0.25) is 4.79 Å². The molecule has 1 aromatic heterocycles. The lowest BCUT2D eigenvalue weighted by Crippen LogP contribution is -2.04. The molecule has 0 aliphatic heterocycles. The van der Waals surface area contributed by atoms with Crippen molar-refractivity contribution in [1.29, 1.82) is 0 Å². The van der Waals surface area contributed by atoms with E-state index in [1.54, 1.807) is 0 Å². The third-order valence-corrected chi connectivity index (χ3v) is 1.30. The summed E-state index contributed by atoms with van der Waals surface area (Å²) < 4.78 is 0. The van der Waals surface area contributed by atoms with Crippen molar-refractivity contribution in [2.75, 3.05) is 5.88 Å². The first-order chi connectivity index (χ1) is 5.83. The molecule has 0 atom stereocenters. The number of nitrogens with zero attached hydrogens (tertiary/aromatic N) is 1. The Morgan fingerprint density at radius 2 is 2.50 bits per heavy atom. The topological polar surface area (TPSA) is 45.8 Å². The summed E-state index contributed by atoms with van der Waals surface area (Å²) in [6, 6.07) is 0. The van der Waals surface area contributed by atoms with Crippen LogP contribution in [0.1, 0.15) is 12.1 Å². The summed E-state index contributed by atoms with van der Waals surface area (Å²) in [5, 5.41) is 0. The molecule has 0 aliphatic rings. The van der Waals surface area contributed by atoms with Crippen LogP contribution in [0, 0.1) is 11.8 Å². The lowest BCUT2D eigenvalue weighted by molar-refractivity contribution is 1.12. The number of alkyl halides is 1. The SMILES string of the molecule is O=c1cnc(C#CCCCl)c[nH]1. The summed E-state index contributed by atoms with van der Waals surface area (Å²) in [5.74, 6) is 6.07. The quantitative estimate of drug-likeness (QED) is 0.515. The molecule has 0 aliphatic carbocycles. The molecular formula is C8H7ClN2O. The molecule has 12 heavy (non-hydrogen) atoms. The molecule has 0 saturated carbocycles. The van der Waals surface area contributed by atoms with E-state index in [0.29, 0.717) is 18.0 Å². The number of hydrogen-bond donors (Lipinski definition) is 1. The first-order valence-electron chi connectivity index (χ1n) is 3.42. The summed E-state index contributed by atoms with van der Waals surface area (Å²) in [4.78, 5) is 16.8. The lowest BCUT2D eigenvalue weighted by Gasteiger charge is -1.85. The molecule has 0 unspecified atom stereocenters. The monoisotopic (exact) mass is 182 g/mol. The number of halogens is 1. The van der Waals surface area contributed by atoms with Crippen molar-refractivity contribution in [3.05, 3.63) is 28.4 Å². The minimum Gasteiger partial charge on any atom is -0.325 e. The third kappa shape index (κ3) is 2.77. The predicted molar refractivity (Wildman–Crippen MR) is 47.1 cm³/mol. The van der Waals surface area contributed by atoms with Crippen LogP contribution >= 0.6 is 11.6 Å². The van der Waals surface area contributed by atoms with Gasteiger partial charge in [-0.2, -0.15) is 0 Å². The van der Waals surface area contributed by atoms with Gasteiger partial charge in [0.05, 0.1) is 6.20 Å². The Morgan fingerprint density at radius 3 is 3.08 bits per heavy atom. The number of aromatic amines is 1. The summed E-state index contributed by atoms with van der Waals surface area (Å²) in [7, 11) is 0. The van der Waals surface area contributed by atoms with Crippen molar-refractivity contribution in [3.63, 3.8) is 0 Å². The fourth-order valence-corrected chi connectivity index (χ4v) is 0.705. The van der Waals surface area contributed by atoms with Crippen LogP contribution < -0.4 is 5.56 Å². The standard InChI is InChI=1S/C8H7ClN2O/c9-4-2-1-3-7-5-11-8(12)6-10-7/h5-6H,2,4H2,(H,11,12). The van der Waals surface area contributed by atoms with Crippen LogP contribution in [0.15, 0.2) is 17.2 Å². The van der Waals surface area contributed by atoms with Gasteiger partial charge in [-0.05, 0) is 5.92 Å². The van der Waals surface area contributed by atoms with Gasteiger partial charge in [0.2, 0.25) is 0 Å². The van der Waals surface area contributed by atoms with E-state index in [1.165, 1.54) is 12.4 Å². The van der Waals surface area contributed by atoms with Gasteiger partial charge in [-0.15, -0.1) is 11.6 Å².